The Kier molecular flexibility index (Phi) is 3.55. The molecule has 0 saturated heterocycles. The molecule has 0 bridgehead atoms. The van der Waals surface area contributed by atoms with Crippen molar-refractivity contribution in [2.45, 2.75) is 6.18 Å². The average molecular weight is 322 g/mol. The van der Waals surface area contributed by atoms with Crippen molar-refractivity contribution in [3.63, 3.8) is 0 Å². The summed E-state index contributed by atoms with van der Waals surface area (Å²) in [5.41, 5.74) is 0.572. The van der Waals surface area contributed by atoms with Crippen molar-refractivity contribution < 1.29 is 13.2 Å². The zero-order valence-corrected chi connectivity index (χ0v) is 12.3. The van der Waals surface area contributed by atoms with Gasteiger partial charge < -0.3 is 10.6 Å². The summed E-state index contributed by atoms with van der Waals surface area (Å²) < 4.78 is 40.1. The molecule has 0 fully saturated rings. The molecule has 0 unspecified atom stereocenters. The van der Waals surface area contributed by atoms with Gasteiger partial charge in [0.15, 0.2) is 0 Å². The number of halogens is 3. The smallest absolute Gasteiger partial charge is 0.372 e. The van der Waals surface area contributed by atoms with E-state index in [1.54, 1.807) is 16.8 Å². The number of fused-ring (bicyclic) bond motifs is 1. The van der Waals surface area contributed by atoms with E-state index in [1.165, 1.54) is 7.05 Å². The second kappa shape index (κ2) is 5.41. The van der Waals surface area contributed by atoms with E-state index in [9.17, 15) is 13.2 Å². The number of nitrogens with one attached hydrogen (secondary N) is 2. The van der Waals surface area contributed by atoms with Crippen LogP contribution >= 0.6 is 0 Å². The molecule has 2 heterocycles. The van der Waals surface area contributed by atoms with Gasteiger partial charge in [-0.15, -0.1) is 0 Å². The molecule has 120 valence electrons. The molecule has 0 amide bonds. The van der Waals surface area contributed by atoms with Crippen molar-refractivity contribution in [2.24, 2.45) is 7.05 Å². The fourth-order valence-corrected chi connectivity index (χ4v) is 2.20. The van der Waals surface area contributed by atoms with Crippen molar-refractivity contribution in [1.82, 2.24) is 19.7 Å². The van der Waals surface area contributed by atoms with Crippen molar-refractivity contribution in [3.05, 3.63) is 36.2 Å². The third-order valence-electron chi connectivity index (χ3n) is 3.21. The van der Waals surface area contributed by atoms with E-state index in [0.29, 0.717) is 5.69 Å². The summed E-state index contributed by atoms with van der Waals surface area (Å²) in [6, 6.07) is 5.39. The van der Waals surface area contributed by atoms with Crippen LogP contribution < -0.4 is 10.6 Å². The standard InChI is InChI=1S/C14H13F3N6/c1-18-12-10(14(15,16)17)6-19-13(21-12)20-9-3-4-11-8(5-9)7-23(2)22-11/h3-7H,1-2H3,(H2,18,19,20,21). The lowest BCUT2D eigenvalue weighted by Crippen LogP contribution is -2.12. The van der Waals surface area contributed by atoms with Gasteiger partial charge in [0.05, 0.1) is 5.52 Å². The summed E-state index contributed by atoms with van der Waals surface area (Å²) in [6.07, 6.45) is -1.91. The maximum atomic E-state index is 12.8. The van der Waals surface area contributed by atoms with E-state index in [1.807, 2.05) is 19.3 Å². The number of hydrogen-bond acceptors (Lipinski definition) is 5. The molecule has 0 aliphatic heterocycles. The molecule has 0 radical (unpaired) electrons. The minimum Gasteiger partial charge on any atom is -0.372 e. The predicted molar refractivity (Wildman–Crippen MR) is 80.6 cm³/mol. The Morgan fingerprint density at radius 1 is 1.22 bits per heavy atom. The van der Waals surface area contributed by atoms with E-state index in [4.69, 9.17) is 0 Å². The highest BCUT2D eigenvalue weighted by atomic mass is 19.4. The quantitative estimate of drug-likeness (QED) is 0.775. The maximum absolute atomic E-state index is 12.8. The second-order valence-electron chi connectivity index (χ2n) is 4.91. The summed E-state index contributed by atoms with van der Waals surface area (Å²) in [5, 5.41) is 10.5. The van der Waals surface area contributed by atoms with Crippen LogP contribution in [0.25, 0.3) is 10.9 Å². The third kappa shape index (κ3) is 3.03. The molecule has 0 aliphatic carbocycles. The monoisotopic (exact) mass is 322 g/mol. The SMILES string of the molecule is CNc1nc(Nc2ccc3nn(C)cc3c2)ncc1C(F)(F)F. The van der Waals surface area contributed by atoms with Gasteiger partial charge in [0.2, 0.25) is 5.95 Å². The number of benzene rings is 1. The Balaban J connectivity index is 1.92. The van der Waals surface area contributed by atoms with Gasteiger partial charge in [0.25, 0.3) is 0 Å². The van der Waals surface area contributed by atoms with Crippen LogP contribution in [0.2, 0.25) is 0 Å². The van der Waals surface area contributed by atoms with E-state index in [-0.39, 0.29) is 11.8 Å². The van der Waals surface area contributed by atoms with Gasteiger partial charge in [-0.05, 0) is 18.2 Å². The van der Waals surface area contributed by atoms with Gasteiger partial charge in [0, 0.05) is 37.6 Å². The highest BCUT2D eigenvalue weighted by Crippen LogP contribution is 2.33. The first kappa shape index (κ1) is 15.1. The summed E-state index contributed by atoms with van der Waals surface area (Å²) in [4.78, 5) is 7.60. The van der Waals surface area contributed by atoms with E-state index < -0.39 is 11.7 Å². The molecule has 6 nitrogen and oxygen atoms in total. The van der Waals surface area contributed by atoms with Gasteiger partial charge in [-0.3, -0.25) is 4.68 Å². The Morgan fingerprint density at radius 2 is 2.00 bits per heavy atom. The second-order valence-corrected chi connectivity index (χ2v) is 4.91. The predicted octanol–water partition coefficient (Wildman–Crippen LogP) is 3.17. The number of nitrogens with zero attached hydrogens (tertiary/aromatic N) is 4. The highest BCUT2D eigenvalue weighted by molar-refractivity contribution is 5.82. The molecule has 0 aliphatic rings. The molecule has 0 atom stereocenters. The molecule has 0 saturated carbocycles. The highest BCUT2D eigenvalue weighted by Gasteiger charge is 2.35. The summed E-state index contributed by atoms with van der Waals surface area (Å²) >= 11 is 0. The summed E-state index contributed by atoms with van der Waals surface area (Å²) in [5.74, 6) is -0.206. The van der Waals surface area contributed by atoms with Gasteiger partial charge in [-0.25, -0.2) is 4.98 Å². The van der Waals surface area contributed by atoms with Crippen LogP contribution in [-0.2, 0) is 13.2 Å². The Morgan fingerprint density at radius 3 is 2.70 bits per heavy atom. The number of anilines is 3. The van der Waals surface area contributed by atoms with Crippen molar-refractivity contribution >= 4 is 28.4 Å². The zero-order chi connectivity index (χ0) is 16.6. The van der Waals surface area contributed by atoms with E-state index in [0.717, 1.165) is 17.1 Å². The summed E-state index contributed by atoms with van der Waals surface area (Å²) in [7, 11) is 3.19. The topological polar surface area (TPSA) is 67.7 Å². The lowest BCUT2D eigenvalue weighted by Gasteiger charge is -2.12. The van der Waals surface area contributed by atoms with Gasteiger partial charge in [0.1, 0.15) is 11.4 Å². The lowest BCUT2D eigenvalue weighted by atomic mass is 10.2. The number of aryl methyl sites for hydroxylation is 1. The number of rotatable bonds is 3. The molecule has 9 heteroatoms. The fraction of sp³-hybridized carbons (Fsp3) is 0.214. The first-order valence-corrected chi connectivity index (χ1v) is 6.69. The molecular weight excluding hydrogens is 309 g/mol. The lowest BCUT2D eigenvalue weighted by molar-refractivity contribution is -0.137. The molecule has 2 N–H and O–H groups in total. The molecular formula is C14H13F3N6. The number of hydrogen-bond donors (Lipinski definition) is 2. The van der Waals surface area contributed by atoms with Crippen molar-refractivity contribution in [1.29, 1.82) is 0 Å². The van der Waals surface area contributed by atoms with Gasteiger partial charge >= 0.3 is 6.18 Å². The molecule has 2 aromatic heterocycles. The van der Waals surface area contributed by atoms with Gasteiger partial charge in [-0.1, -0.05) is 0 Å². The average Bonchev–Trinajstić information content (AvgIpc) is 2.85. The number of aromatic nitrogens is 4. The van der Waals surface area contributed by atoms with Crippen LogP contribution in [0.5, 0.6) is 0 Å². The Bertz CT molecular complexity index is 855. The fourth-order valence-electron chi connectivity index (χ4n) is 2.20. The minimum atomic E-state index is -4.51. The van der Waals surface area contributed by atoms with Crippen molar-refractivity contribution in [3.8, 4) is 0 Å². The number of alkyl halides is 3. The first-order valence-electron chi connectivity index (χ1n) is 6.69. The summed E-state index contributed by atoms with van der Waals surface area (Å²) in [6.45, 7) is 0. The third-order valence-corrected chi connectivity index (χ3v) is 3.21. The van der Waals surface area contributed by atoms with Crippen LogP contribution in [-0.4, -0.2) is 26.8 Å². The zero-order valence-electron chi connectivity index (χ0n) is 12.3. The van der Waals surface area contributed by atoms with Crippen LogP contribution in [0.4, 0.5) is 30.6 Å². The van der Waals surface area contributed by atoms with Crippen LogP contribution in [0.15, 0.2) is 30.6 Å². The van der Waals surface area contributed by atoms with E-state index >= 15 is 0 Å². The van der Waals surface area contributed by atoms with Crippen LogP contribution in [0.1, 0.15) is 5.56 Å². The Hall–Kier alpha value is -2.84. The molecule has 3 aromatic rings. The van der Waals surface area contributed by atoms with E-state index in [2.05, 4.69) is 25.7 Å². The van der Waals surface area contributed by atoms with Crippen LogP contribution in [0, 0.1) is 0 Å². The van der Waals surface area contributed by atoms with Gasteiger partial charge in [-0.2, -0.15) is 23.3 Å². The Labute approximate surface area is 129 Å². The maximum Gasteiger partial charge on any atom is 0.421 e. The molecule has 23 heavy (non-hydrogen) atoms. The first-order chi connectivity index (χ1) is 10.9. The largest absolute Gasteiger partial charge is 0.421 e. The normalized spacial score (nSPS) is 11.7. The van der Waals surface area contributed by atoms with Crippen molar-refractivity contribution in [2.75, 3.05) is 17.7 Å². The van der Waals surface area contributed by atoms with Crippen LogP contribution in [0.3, 0.4) is 0 Å². The minimum absolute atomic E-state index is 0.0746. The molecule has 3 rings (SSSR count). The molecule has 1 aromatic carbocycles. The molecule has 0 spiro atoms.